The van der Waals surface area contributed by atoms with Crippen molar-refractivity contribution in [2.24, 2.45) is 5.73 Å². The van der Waals surface area contributed by atoms with E-state index in [2.05, 4.69) is 18.3 Å². The Morgan fingerprint density at radius 3 is 3.21 bits per heavy atom. The average Bonchev–Trinajstić information content (AvgIpc) is 2.20. The summed E-state index contributed by atoms with van der Waals surface area (Å²) in [4.78, 5) is 0. The van der Waals surface area contributed by atoms with E-state index < -0.39 is 0 Å². The summed E-state index contributed by atoms with van der Waals surface area (Å²) in [6, 6.07) is 6.45. The van der Waals surface area contributed by atoms with E-state index in [1.807, 2.05) is 12.1 Å². The van der Waals surface area contributed by atoms with Crippen molar-refractivity contribution in [2.45, 2.75) is 19.4 Å². The first kappa shape index (κ1) is 9.34. The Morgan fingerprint density at radius 1 is 1.57 bits per heavy atom. The predicted octanol–water partition coefficient (Wildman–Crippen LogP) is 1.52. The van der Waals surface area contributed by atoms with Crippen LogP contribution in [-0.4, -0.2) is 19.2 Å². The second-order valence-corrected chi connectivity index (χ2v) is 3.68. The summed E-state index contributed by atoms with van der Waals surface area (Å²) in [5, 5.41) is 3.46. The van der Waals surface area contributed by atoms with Crippen molar-refractivity contribution in [3.8, 4) is 5.75 Å². The Morgan fingerprint density at radius 2 is 2.43 bits per heavy atom. The molecule has 0 aromatic heterocycles. The molecule has 2 rings (SSSR count). The van der Waals surface area contributed by atoms with E-state index in [0.717, 1.165) is 17.9 Å². The average molecular weight is 192 g/mol. The zero-order valence-electron chi connectivity index (χ0n) is 8.42. The fraction of sp³-hybridized carbons (Fsp3) is 0.455. The number of aryl methyl sites for hydroxylation is 1. The number of ether oxygens (including phenoxy) is 1. The fourth-order valence-electron chi connectivity index (χ4n) is 1.74. The highest BCUT2D eigenvalue weighted by Crippen LogP contribution is 2.32. The lowest BCUT2D eigenvalue weighted by Crippen LogP contribution is -2.33. The highest BCUT2D eigenvalue weighted by atomic mass is 16.5. The largest absolute Gasteiger partial charge is 0.489 e. The molecule has 0 saturated carbocycles. The van der Waals surface area contributed by atoms with Crippen LogP contribution < -0.4 is 15.8 Å². The van der Waals surface area contributed by atoms with Gasteiger partial charge < -0.3 is 15.8 Å². The maximum atomic E-state index is 5.65. The van der Waals surface area contributed by atoms with Crippen LogP contribution in [0.4, 0.5) is 5.69 Å². The Hall–Kier alpha value is -1.22. The van der Waals surface area contributed by atoms with Gasteiger partial charge in [0.15, 0.2) is 0 Å². The molecule has 3 nitrogen and oxygen atoms in total. The van der Waals surface area contributed by atoms with Gasteiger partial charge in [0, 0.05) is 0 Å². The second-order valence-electron chi connectivity index (χ2n) is 3.68. The molecule has 0 fully saturated rings. The van der Waals surface area contributed by atoms with Crippen molar-refractivity contribution in [1.82, 2.24) is 0 Å². The molecule has 0 saturated heterocycles. The molecule has 1 aromatic carbocycles. The lowest BCUT2D eigenvalue weighted by atomic mass is 10.1. The molecule has 3 N–H and O–H groups in total. The van der Waals surface area contributed by atoms with Crippen molar-refractivity contribution in [2.75, 3.05) is 18.5 Å². The Kier molecular flexibility index (Phi) is 2.59. The summed E-state index contributed by atoms with van der Waals surface area (Å²) >= 11 is 0. The minimum atomic E-state index is 0.355. The molecule has 14 heavy (non-hydrogen) atoms. The van der Waals surface area contributed by atoms with Crippen LogP contribution in [0.1, 0.15) is 12.0 Å². The number of anilines is 1. The number of rotatable bonds is 2. The molecule has 1 aliphatic rings. The van der Waals surface area contributed by atoms with E-state index in [9.17, 15) is 0 Å². The summed E-state index contributed by atoms with van der Waals surface area (Å²) in [5.74, 6) is 0.957. The summed E-state index contributed by atoms with van der Waals surface area (Å²) in [5.41, 5.74) is 7.87. The number of hydrogen-bond acceptors (Lipinski definition) is 3. The minimum Gasteiger partial charge on any atom is -0.489 e. The lowest BCUT2D eigenvalue weighted by Gasteiger charge is -2.28. The second kappa shape index (κ2) is 3.88. The number of nitrogens with one attached hydrogen (secondary N) is 1. The van der Waals surface area contributed by atoms with Gasteiger partial charge in [-0.25, -0.2) is 0 Å². The minimum absolute atomic E-state index is 0.355. The molecule has 0 aliphatic carbocycles. The van der Waals surface area contributed by atoms with Crippen molar-refractivity contribution in [3.05, 3.63) is 23.8 Å². The molecule has 1 atom stereocenters. The van der Waals surface area contributed by atoms with Crippen LogP contribution in [0.3, 0.4) is 0 Å². The van der Waals surface area contributed by atoms with E-state index >= 15 is 0 Å². The molecule has 76 valence electrons. The first-order valence-electron chi connectivity index (χ1n) is 5.00. The SMILES string of the molecule is Cc1cccc2c1NC(CCN)CO2. The molecule has 0 spiro atoms. The van der Waals surface area contributed by atoms with Gasteiger partial charge in [-0.2, -0.15) is 0 Å². The van der Waals surface area contributed by atoms with Crippen LogP contribution in [0.25, 0.3) is 0 Å². The molecule has 1 aromatic rings. The first-order valence-corrected chi connectivity index (χ1v) is 5.00. The van der Waals surface area contributed by atoms with Gasteiger partial charge in [0.2, 0.25) is 0 Å². The molecule has 0 bridgehead atoms. The van der Waals surface area contributed by atoms with Gasteiger partial charge in [0.05, 0.1) is 11.7 Å². The number of nitrogens with two attached hydrogens (primary N) is 1. The summed E-state index contributed by atoms with van der Waals surface area (Å²) < 4.78 is 5.65. The van der Waals surface area contributed by atoms with Crippen molar-refractivity contribution < 1.29 is 4.74 Å². The summed E-state index contributed by atoms with van der Waals surface area (Å²) in [6.07, 6.45) is 0.952. The fourth-order valence-corrected chi connectivity index (χ4v) is 1.74. The topological polar surface area (TPSA) is 47.3 Å². The summed E-state index contributed by atoms with van der Waals surface area (Å²) in [7, 11) is 0. The molecular weight excluding hydrogens is 176 g/mol. The van der Waals surface area contributed by atoms with Gasteiger partial charge in [-0.1, -0.05) is 12.1 Å². The molecule has 1 heterocycles. The van der Waals surface area contributed by atoms with E-state index in [4.69, 9.17) is 10.5 Å². The first-order chi connectivity index (χ1) is 6.81. The van der Waals surface area contributed by atoms with E-state index in [0.29, 0.717) is 19.2 Å². The van der Waals surface area contributed by atoms with Gasteiger partial charge in [-0.15, -0.1) is 0 Å². The third-order valence-corrected chi connectivity index (χ3v) is 2.54. The van der Waals surface area contributed by atoms with Gasteiger partial charge in [-0.3, -0.25) is 0 Å². The van der Waals surface area contributed by atoms with Gasteiger partial charge in [-0.05, 0) is 31.5 Å². The maximum Gasteiger partial charge on any atom is 0.142 e. The van der Waals surface area contributed by atoms with Gasteiger partial charge >= 0.3 is 0 Å². The van der Waals surface area contributed by atoms with Crippen molar-refractivity contribution in [3.63, 3.8) is 0 Å². The number of benzene rings is 1. The van der Waals surface area contributed by atoms with Gasteiger partial charge in [0.25, 0.3) is 0 Å². The molecule has 1 unspecified atom stereocenters. The van der Waals surface area contributed by atoms with Crippen LogP contribution in [0.2, 0.25) is 0 Å². The highest BCUT2D eigenvalue weighted by molar-refractivity contribution is 5.63. The van der Waals surface area contributed by atoms with Crippen molar-refractivity contribution >= 4 is 5.69 Å². The summed E-state index contributed by atoms with van der Waals surface area (Å²) in [6.45, 7) is 3.50. The third kappa shape index (κ3) is 1.68. The normalized spacial score (nSPS) is 19.4. The molecule has 0 amide bonds. The monoisotopic (exact) mass is 192 g/mol. The van der Waals surface area contributed by atoms with Crippen LogP contribution in [0.5, 0.6) is 5.75 Å². The zero-order valence-corrected chi connectivity index (χ0v) is 8.42. The highest BCUT2D eigenvalue weighted by Gasteiger charge is 2.18. The molecule has 1 aliphatic heterocycles. The standard InChI is InChI=1S/C11H16N2O/c1-8-3-2-4-10-11(8)13-9(5-6-12)7-14-10/h2-4,9,13H,5-7,12H2,1H3. The van der Waals surface area contributed by atoms with Crippen LogP contribution in [0.15, 0.2) is 18.2 Å². The lowest BCUT2D eigenvalue weighted by molar-refractivity contribution is 0.279. The third-order valence-electron chi connectivity index (χ3n) is 2.54. The van der Waals surface area contributed by atoms with Crippen LogP contribution in [-0.2, 0) is 0 Å². The van der Waals surface area contributed by atoms with Crippen LogP contribution >= 0.6 is 0 Å². The number of hydrogen-bond donors (Lipinski definition) is 2. The predicted molar refractivity (Wildman–Crippen MR) is 57.8 cm³/mol. The molecule has 0 radical (unpaired) electrons. The van der Waals surface area contributed by atoms with E-state index in [1.54, 1.807) is 0 Å². The van der Waals surface area contributed by atoms with Crippen molar-refractivity contribution in [1.29, 1.82) is 0 Å². The number of para-hydroxylation sites is 1. The smallest absolute Gasteiger partial charge is 0.142 e. The Balaban J connectivity index is 2.20. The Bertz CT molecular complexity index is 325. The zero-order chi connectivity index (χ0) is 9.97. The Labute approximate surface area is 84.3 Å². The maximum absolute atomic E-state index is 5.65. The van der Waals surface area contributed by atoms with E-state index in [-0.39, 0.29) is 0 Å². The van der Waals surface area contributed by atoms with E-state index in [1.165, 1.54) is 5.56 Å². The van der Waals surface area contributed by atoms with Gasteiger partial charge in [0.1, 0.15) is 12.4 Å². The number of fused-ring (bicyclic) bond motifs is 1. The molecular formula is C11H16N2O. The van der Waals surface area contributed by atoms with Crippen LogP contribution in [0, 0.1) is 6.92 Å². The quantitative estimate of drug-likeness (QED) is 0.746. The molecule has 3 heteroatoms.